The molecule has 2 fully saturated rings. The zero-order valence-electron chi connectivity index (χ0n) is 19.1. The SMILES string of the molecule is COCCn1nnnc1C1(N2CCCC2)CCN(C(=O)Cc2cc(OC)ccc2OC)C1. The molecule has 4 rings (SSSR count). The lowest BCUT2D eigenvalue weighted by Crippen LogP contribution is -2.49. The van der Waals surface area contributed by atoms with Gasteiger partial charge in [-0.3, -0.25) is 9.69 Å². The highest BCUT2D eigenvalue weighted by Gasteiger charge is 2.50. The van der Waals surface area contributed by atoms with Crippen LogP contribution in [0.5, 0.6) is 11.5 Å². The predicted molar refractivity (Wildman–Crippen MR) is 117 cm³/mol. The summed E-state index contributed by atoms with van der Waals surface area (Å²) >= 11 is 0. The summed E-state index contributed by atoms with van der Waals surface area (Å²) in [6.45, 7) is 4.34. The summed E-state index contributed by atoms with van der Waals surface area (Å²) in [6.07, 6.45) is 3.36. The molecule has 1 atom stereocenters. The van der Waals surface area contributed by atoms with Crippen molar-refractivity contribution >= 4 is 5.91 Å². The highest BCUT2D eigenvalue weighted by atomic mass is 16.5. The van der Waals surface area contributed by atoms with Crippen LogP contribution in [0, 0.1) is 0 Å². The first-order chi connectivity index (χ1) is 15.6. The molecular formula is C22H32N6O4. The fraction of sp³-hybridized carbons (Fsp3) is 0.636. The third-order valence-electron chi connectivity index (χ3n) is 6.60. The van der Waals surface area contributed by atoms with Gasteiger partial charge in [-0.1, -0.05) is 0 Å². The molecule has 32 heavy (non-hydrogen) atoms. The molecule has 1 unspecified atom stereocenters. The maximum atomic E-state index is 13.3. The van der Waals surface area contributed by atoms with Crippen LogP contribution in [0.2, 0.25) is 0 Å². The van der Waals surface area contributed by atoms with Crippen LogP contribution in [0.4, 0.5) is 0 Å². The van der Waals surface area contributed by atoms with E-state index in [9.17, 15) is 4.79 Å². The minimum absolute atomic E-state index is 0.0635. The predicted octanol–water partition coefficient (Wildman–Crippen LogP) is 1.10. The number of rotatable bonds is 9. The summed E-state index contributed by atoms with van der Waals surface area (Å²) in [5, 5.41) is 12.6. The van der Waals surface area contributed by atoms with E-state index in [-0.39, 0.29) is 17.9 Å². The second-order valence-corrected chi connectivity index (χ2v) is 8.36. The Morgan fingerprint density at radius 3 is 2.66 bits per heavy atom. The normalized spacial score (nSPS) is 21.3. The van der Waals surface area contributed by atoms with Gasteiger partial charge in [0.2, 0.25) is 5.91 Å². The van der Waals surface area contributed by atoms with Gasteiger partial charge in [-0.15, -0.1) is 5.10 Å². The van der Waals surface area contributed by atoms with Crippen molar-refractivity contribution in [1.29, 1.82) is 0 Å². The molecule has 1 aromatic heterocycles. The number of nitrogens with zero attached hydrogens (tertiary/aromatic N) is 6. The Morgan fingerprint density at radius 2 is 1.94 bits per heavy atom. The second kappa shape index (κ2) is 9.83. The minimum Gasteiger partial charge on any atom is -0.497 e. The number of hydrogen-bond acceptors (Lipinski definition) is 8. The third kappa shape index (κ3) is 4.29. The fourth-order valence-corrected chi connectivity index (χ4v) is 4.89. The van der Waals surface area contributed by atoms with Gasteiger partial charge in [0.1, 0.15) is 17.0 Å². The molecule has 10 heteroatoms. The van der Waals surface area contributed by atoms with Crippen LogP contribution >= 0.6 is 0 Å². The van der Waals surface area contributed by atoms with E-state index in [1.54, 1.807) is 21.3 Å². The van der Waals surface area contributed by atoms with E-state index in [1.807, 2.05) is 27.8 Å². The molecule has 2 aliphatic rings. The average molecular weight is 445 g/mol. The summed E-state index contributed by atoms with van der Waals surface area (Å²) in [5.41, 5.74) is 0.447. The van der Waals surface area contributed by atoms with E-state index >= 15 is 0 Å². The van der Waals surface area contributed by atoms with Crippen LogP contribution in [-0.2, 0) is 28.0 Å². The van der Waals surface area contributed by atoms with Gasteiger partial charge in [-0.05, 0) is 61.0 Å². The van der Waals surface area contributed by atoms with Crippen molar-refractivity contribution in [2.24, 2.45) is 0 Å². The Hall–Kier alpha value is -2.72. The third-order valence-corrected chi connectivity index (χ3v) is 6.60. The molecule has 0 N–H and O–H groups in total. The van der Waals surface area contributed by atoms with E-state index < -0.39 is 0 Å². The van der Waals surface area contributed by atoms with Crippen LogP contribution < -0.4 is 9.47 Å². The molecule has 2 saturated heterocycles. The first-order valence-corrected chi connectivity index (χ1v) is 11.1. The van der Waals surface area contributed by atoms with Crippen LogP contribution in [0.25, 0.3) is 0 Å². The van der Waals surface area contributed by atoms with Gasteiger partial charge in [0, 0.05) is 25.8 Å². The maximum Gasteiger partial charge on any atom is 0.227 e. The second-order valence-electron chi connectivity index (χ2n) is 8.36. The summed E-state index contributed by atoms with van der Waals surface area (Å²) in [5.74, 6) is 2.28. The first-order valence-electron chi connectivity index (χ1n) is 11.1. The van der Waals surface area contributed by atoms with Crippen molar-refractivity contribution < 1.29 is 19.0 Å². The molecule has 1 amide bonds. The highest BCUT2D eigenvalue weighted by molar-refractivity contribution is 5.80. The number of carbonyl (C=O) groups is 1. The maximum absolute atomic E-state index is 13.3. The number of likely N-dealkylation sites (tertiary alicyclic amines) is 2. The van der Waals surface area contributed by atoms with Crippen molar-refractivity contribution in [3.63, 3.8) is 0 Å². The molecule has 0 aliphatic carbocycles. The molecule has 2 aliphatic heterocycles. The molecule has 174 valence electrons. The number of benzene rings is 1. The van der Waals surface area contributed by atoms with Gasteiger partial charge in [-0.2, -0.15) is 0 Å². The molecule has 3 heterocycles. The number of hydrogen-bond donors (Lipinski definition) is 0. The highest BCUT2D eigenvalue weighted by Crippen LogP contribution is 2.39. The molecular weight excluding hydrogens is 412 g/mol. The summed E-state index contributed by atoms with van der Waals surface area (Å²) in [7, 11) is 4.90. The number of aromatic nitrogens is 4. The number of methoxy groups -OCH3 is 3. The zero-order valence-corrected chi connectivity index (χ0v) is 19.1. The molecule has 0 bridgehead atoms. The lowest BCUT2D eigenvalue weighted by Gasteiger charge is -2.37. The van der Waals surface area contributed by atoms with Gasteiger partial charge >= 0.3 is 0 Å². The number of carbonyl (C=O) groups excluding carboxylic acids is 1. The molecule has 0 radical (unpaired) electrons. The molecule has 2 aromatic rings. The monoisotopic (exact) mass is 444 g/mol. The van der Waals surface area contributed by atoms with E-state index in [4.69, 9.17) is 14.2 Å². The summed E-state index contributed by atoms with van der Waals surface area (Å²) in [6, 6.07) is 5.54. The fourth-order valence-electron chi connectivity index (χ4n) is 4.89. The first kappa shape index (κ1) is 22.5. The van der Waals surface area contributed by atoms with Crippen molar-refractivity contribution in [2.75, 3.05) is 54.1 Å². The van der Waals surface area contributed by atoms with Crippen LogP contribution in [0.15, 0.2) is 18.2 Å². The Bertz CT molecular complexity index is 929. The quantitative estimate of drug-likeness (QED) is 0.568. The number of amides is 1. The Labute approximate surface area is 188 Å². The summed E-state index contributed by atoms with van der Waals surface area (Å²) < 4.78 is 17.9. The smallest absolute Gasteiger partial charge is 0.227 e. The molecule has 1 aromatic carbocycles. The topological polar surface area (TPSA) is 94.8 Å². The zero-order chi connectivity index (χ0) is 22.6. The Morgan fingerprint density at radius 1 is 1.12 bits per heavy atom. The Balaban J connectivity index is 1.57. The van der Waals surface area contributed by atoms with Crippen molar-refractivity contribution in [3.8, 4) is 11.5 Å². The minimum atomic E-state index is -0.373. The Kier molecular flexibility index (Phi) is 6.90. The van der Waals surface area contributed by atoms with Crippen molar-refractivity contribution in [3.05, 3.63) is 29.6 Å². The molecule has 0 spiro atoms. The van der Waals surface area contributed by atoms with Gasteiger partial charge in [0.05, 0.1) is 33.8 Å². The van der Waals surface area contributed by atoms with Crippen LogP contribution in [-0.4, -0.2) is 90.0 Å². The molecule has 0 saturated carbocycles. The van der Waals surface area contributed by atoms with Gasteiger partial charge in [-0.25, -0.2) is 4.68 Å². The standard InChI is InChI=1S/C22H32N6O4/c1-30-13-12-28-21(23-24-25-28)22(27-9-4-5-10-27)8-11-26(16-22)20(29)15-17-14-18(31-2)6-7-19(17)32-3/h6-7,14H,4-5,8-13,15-16H2,1-3H3. The van der Waals surface area contributed by atoms with Crippen molar-refractivity contribution in [2.45, 2.75) is 37.8 Å². The van der Waals surface area contributed by atoms with Crippen LogP contribution in [0.1, 0.15) is 30.7 Å². The van der Waals surface area contributed by atoms with E-state index in [0.29, 0.717) is 37.7 Å². The van der Waals surface area contributed by atoms with Crippen molar-refractivity contribution in [1.82, 2.24) is 30.0 Å². The van der Waals surface area contributed by atoms with E-state index in [0.717, 1.165) is 43.7 Å². The lowest BCUT2D eigenvalue weighted by molar-refractivity contribution is -0.130. The van der Waals surface area contributed by atoms with E-state index in [1.165, 1.54) is 0 Å². The van der Waals surface area contributed by atoms with Crippen LogP contribution in [0.3, 0.4) is 0 Å². The number of ether oxygens (including phenoxy) is 3. The van der Waals surface area contributed by atoms with Gasteiger partial charge in [0.15, 0.2) is 5.82 Å². The number of tetrazole rings is 1. The largest absolute Gasteiger partial charge is 0.497 e. The lowest BCUT2D eigenvalue weighted by atomic mass is 9.95. The summed E-state index contributed by atoms with van der Waals surface area (Å²) in [4.78, 5) is 17.7. The average Bonchev–Trinajstić information content (AvgIpc) is 3.58. The molecule has 10 nitrogen and oxygen atoms in total. The van der Waals surface area contributed by atoms with Gasteiger partial charge < -0.3 is 19.1 Å². The van der Waals surface area contributed by atoms with E-state index in [2.05, 4.69) is 20.4 Å². The van der Waals surface area contributed by atoms with Gasteiger partial charge in [0.25, 0.3) is 0 Å².